The van der Waals surface area contributed by atoms with E-state index in [0.717, 1.165) is 45.3 Å². The molecule has 298 valence electrons. The highest BCUT2D eigenvalue weighted by Crippen LogP contribution is 2.35. The van der Waals surface area contributed by atoms with Gasteiger partial charge >= 0.3 is 0 Å². The zero-order valence-electron chi connectivity index (χ0n) is 32.2. The molecule has 0 saturated carbocycles. The number of hydrogen-bond acceptors (Lipinski definition) is 9. The second-order valence-electron chi connectivity index (χ2n) is 14.5. The van der Waals surface area contributed by atoms with Crippen LogP contribution < -0.4 is 27.0 Å². The monoisotopic (exact) mass is 782 g/mol. The van der Waals surface area contributed by atoms with Crippen LogP contribution in [0.4, 0.5) is 42.9 Å². The van der Waals surface area contributed by atoms with E-state index in [0.29, 0.717) is 30.2 Å². The predicted molar refractivity (Wildman–Crippen MR) is 230 cm³/mol. The van der Waals surface area contributed by atoms with Crippen LogP contribution in [0, 0.1) is 21.7 Å². The fourth-order valence-electron chi connectivity index (χ4n) is 8.02. The molecule has 12 heteroatoms. The number of nitrogens with two attached hydrogens (primary N) is 3. The number of benzene rings is 6. The molecule has 10 nitrogen and oxygen atoms in total. The first-order chi connectivity index (χ1) is 28.2. The zero-order valence-corrected chi connectivity index (χ0v) is 32.2. The number of rotatable bonds is 9. The standard InChI is InChI=1S/C23H23FN4O2.C23H25FN4/c24-19-15-22(28(29)30)20(25)16-21(19)26-11-13-27(14-12-26)23(17-7-3-1-4-8-17)18-9-5-2-6-10-18;24-19-15-20(25)21(26)16-22(19)27-11-13-28(14-12-27)23(17-7-3-1-4-8-17)18-9-5-2-6-10-18/h1-10,15-16,23H,11-14,25H2;1-10,15-16,23H,11-14,25-26H2. The Bertz CT molecular complexity index is 2190. The molecule has 0 aromatic heterocycles. The van der Waals surface area contributed by atoms with Crippen molar-refractivity contribution in [1.82, 2.24) is 9.80 Å². The Labute approximate surface area is 337 Å². The van der Waals surface area contributed by atoms with Crippen molar-refractivity contribution in [3.63, 3.8) is 0 Å². The van der Waals surface area contributed by atoms with Crippen LogP contribution in [0.5, 0.6) is 0 Å². The third-order valence-electron chi connectivity index (χ3n) is 10.9. The predicted octanol–water partition coefficient (Wildman–Crippen LogP) is 8.13. The number of nitrogens with zero attached hydrogens (tertiary/aromatic N) is 5. The van der Waals surface area contributed by atoms with Crippen molar-refractivity contribution in [2.45, 2.75) is 12.1 Å². The number of nitro groups is 1. The van der Waals surface area contributed by atoms with Crippen LogP contribution in [0.3, 0.4) is 0 Å². The number of anilines is 5. The first-order valence-electron chi connectivity index (χ1n) is 19.4. The van der Waals surface area contributed by atoms with Gasteiger partial charge in [0.2, 0.25) is 0 Å². The van der Waals surface area contributed by atoms with E-state index in [4.69, 9.17) is 17.2 Å². The summed E-state index contributed by atoms with van der Waals surface area (Å²) in [5.41, 5.74) is 23.5. The van der Waals surface area contributed by atoms with Crippen molar-refractivity contribution < 1.29 is 13.7 Å². The topological polar surface area (TPSA) is 134 Å². The van der Waals surface area contributed by atoms with Crippen molar-refractivity contribution in [2.75, 3.05) is 79.4 Å². The molecule has 2 heterocycles. The number of nitrogen functional groups attached to an aromatic ring is 3. The molecule has 2 saturated heterocycles. The van der Waals surface area contributed by atoms with E-state index in [1.54, 1.807) is 6.07 Å². The Hall–Kier alpha value is -6.50. The van der Waals surface area contributed by atoms with Crippen molar-refractivity contribution in [3.05, 3.63) is 190 Å². The van der Waals surface area contributed by atoms with Gasteiger partial charge in [-0.1, -0.05) is 121 Å². The van der Waals surface area contributed by atoms with E-state index >= 15 is 0 Å². The van der Waals surface area contributed by atoms with Crippen LogP contribution in [0.2, 0.25) is 0 Å². The van der Waals surface area contributed by atoms with Crippen LogP contribution in [-0.4, -0.2) is 67.1 Å². The molecular weight excluding hydrogens is 735 g/mol. The van der Waals surface area contributed by atoms with Gasteiger partial charge in [-0.25, -0.2) is 8.78 Å². The van der Waals surface area contributed by atoms with Gasteiger partial charge in [0.15, 0.2) is 5.82 Å². The van der Waals surface area contributed by atoms with Gasteiger partial charge in [0.1, 0.15) is 11.5 Å². The van der Waals surface area contributed by atoms with Crippen molar-refractivity contribution >= 4 is 34.1 Å². The molecule has 6 aromatic rings. The molecule has 0 radical (unpaired) electrons. The van der Waals surface area contributed by atoms with Crippen LogP contribution in [0.25, 0.3) is 0 Å². The van der Waals surface area contributed by atoms with Gasteiger partial charge in [-0.3, -0.25) is 19.9 Å². The molecule has 6 aromatic carbocycles. The Morgan fingerprint density at radius 3 is 1.12 bits per heavy atom. The van der Waals surface area contributed by atoms with Gasteiger partial charge in [-0.2, -0.15) is 0 Å². The van der Waals surface area contributed by atoms with Crippen molar-refractivity contribution in [2.24, 2.45) is 0 Å². The molecule has 8 rings (SSSR count). The molecule has 0 unspecified atom stereocenters. The summed E-state index contributed by atoms with van der Waals surface area (Å²) >= 11 is 0. The Morgan fingerprint density at radius 1 is 0.466 bits per heavy atom. The minimum atomic E-state index is -0.662. The highest BCUT2D eigenvalue weighted by atomic mass is 19.1. The summed E-state index contributed by atoms with van der Waals surface area (Å²) < 4.78 is 29.0. The molecule has 6 N–H and O–H groups in total. The van der Waals surface area contributed by atoms with Gasteiger partial charge in [0, 0.05) is 58.4 Å². The van der Waals surface area contributed by atoms with Gasteiger partial charge in [-0.15, -0.1) is 0 Å². The molecule has 2 fully saturated rings. The van der Waals surface area contributed by atoms with Gasteiger partial charge in [0.25, 0.3) is 5.69 Å². The van der Waals surface area contributed by atoms with Crippen molar-refractivity contribution in [1.29, 1.82) is 0 Å². The van der Waals surface area contributed by atoms with Gasteiger partial charge in [-0.05, 0) is 34.4 Å². The van der Waals surface area contributed by atoms with E-state index in [1.165, 1.54) is 34.4 Å². The maximum Gasteiger partial charge on any atom is 0.295 e. The number of nitro benzene ring substituents is 1. The minimum Gasteiger partial charge on any atom is -0.397 e. The maximum atomic E-state index is 14.5. The molecule has 0 spiro atoms. The lowest BCUT2D eigenvalue weighted by atomic mass is 9.96. The fraction of sp³-hybridized carbons (Fsp3) is 0.217. The van der Waals surface area contributed by atoms with E-state index in [1.807, 2.05) is 53.4 Å². The molecule has 0 aliphatic carbocycles. The Morgan fingerprint density at radius 2 is 0.776 bits per heavy atom. The van der Waals surface area contributed by atoms with Crippen LogP contribution in [-0.2, 0) is 0 Å². The SMILES string of the molecule is Nc1cc(F)c(N2CCN(C(c3ccccc3)c3ccccc3)CC2)cc1N.Nc1cc(N2CCN(C(c3ccccc3)c3ccccc3)CC2)c(F)cc1[N+](=O)[O-]. The normalized spacial score (nSPS) is 15.0. The second kappa shape index (κ2) is 18.2. The number of halogens is 2. The number of piperazine rings is 2. The smallest absolute Gasteiger partial charge is 0.295 e. The van der Waals surface area contributed by atoms with E-state index in [-0.39, 0.29) is 29.3 Å². The van der Waals surface area contributed by atoms with Gasteiger partial charge in [0.05, 0.1) is 45.8 Å². The molecule has 2 aliphatic rings. The summed E-state index contributed by atoms with van der Waals surface area (Å²) in [6.07, 6.45) is 0. The van der Waals surface area contributed by atoms with Crippen LogP contribution in [0.1, 0.15) is 34.3 Å². The quantitative estimate of drug-likeness (QED) is 0.0755. The summed E-state index contributed by atoms with van der Waals surface area (Å²) in [6.45, 7) is 5.79. The van der Waals surface area contributed by atoms with Crippen LogP contribution >= 0.6 is 0 Å². The Balaban J connectivity index is 0.000000177. The molecule has 0 amide bonds. The third-order valence-corrected chi connectivity index (χ3v) is 10.9. The zero-order chi connectivity index (χ0) is 40.6. The summed E-state index contributed by atoms with van der Waals surface area (Å²) in [6, 6.07) is 47.3. The summed E-state index contributed by atoms with van der Waals surface area (Å²) in [4.78, 5) is 19.1. The van der Waals surface area contributed by atoms with E-state index in [9.17, 15) is 18.9 Å². The largest absolute Gasteiger partial charge is 0.397 e. The number of hydrogen-bond donors (Lipinski definition) is 3. The van der Waals surface area contributed by atoms with Crippen molar-refractivity contribution in [3.8, 4) is 0 Å². The van der Waals surface area contributed by atoms with Gasteiger partial charge < -0.3 is 27.0 Å². The first kappa shape index (κ1) is 39.7. The van der Waals surface area contributed by atoms with Crippen LogP contribution in [0.15, 0.2) is 146 Å². The summed E-state index contributed by atoms with van der Waals surface area (Å²) in [7, 11) is 0. The summed E-state index contributed by atoms with van der Waals surface area (Å²) in [5.74, 6) is -0.935. The average Bonchev–Trinajstić information content (AvgIpc) is 3.25. The molecule has 0 bridgehead atoms. The highest BCUT2D eigenvalue weighted by molar-refractivity contribution is 5.71. The Kier molecular flexibility index (Phi) is 12.5. The summed E-state index contributed by atoms with van der Waals surface area (Å²) in [5, 5.41) is 11.0. The van der Waals surface area contributed by atoms with E-state index < -0.39 is 16.4 Å². The minimum absolute atomic E-state index is 0.0229. The lowest BCUT2D eigenvalue weighted by Gasteiger charge is -2.40. The molecule has 0 atom stereocenters. The molecule has 58 heavy (non-hydrogen) atoms. The molecular formula is C46H48F2N8O2. The van der Waals surface area contributed by atoms with E-state index in [2.05, 4.69) is 87.5 Å². The average molecular weight is 783 g/mol. The third kappa shape index (κ3) is 9.04. The second-order valence-corrected chi connectivity index (χ2v) is 14.5. The lowest BCUT2D eigenvalue weighted by Crippen LogP contribution is -2.48. The lowest BCUT2D eigenvalue weighted by molar-refractivity contribution is -0.384. The molecule has 2 aliphatic heterocycles. The fourth-order valence-corrected chi connectivity index (χ4v) is 8.02. The first-order valence-corrected chi connectivity index (χ1v) is 19.4. The maximum absolute atomic E-state index is 14.5. The highest BCUT2D eigenvalue weighted by Gasteiger charge is 2.30.